The van der Waals surface area contributed by atoms with E-state index in [9.17, 15) is 4.79 Å². The molecule has 0 aliphatic carbocycles. The molecule has 2 aliphatic rings. The molecular weight excluding hydrogens is 416 g/mol. The van der Waals surface area contributed by atoms with Gasteiger partial charge in [0.1, 0.15) is 11.3 Å². The lowest BCUT2D eigenvalue weighted by atomic mass is 9.95. The first-order valence-corrected chi connectivity index (χ1v) is 12.4. The van der Waals surface area contributed by atoms with Crippen molar-refractivity contribution < 1.29 is 18.8 Å². The van der Waals surface area contributed by atoms with Crippen molar-refractivity contribution in [2.75, 3.05) is 38.3 Å². The number of carbonyl (C=O) groups excluding carboxylic acids is 1. The normalized spacial score (nSPS) is 22.1. The number of rotatable bonds is 8. The van der Waals surface area contributed by atoms with Gasteiger partial charge in [0.25, 0.3) is 0 Å². The summed E-state index contributed by atoms with van der Waals surface area (Å²) >= 11 is 1.79. The van der Waals surface area contributed by atoms with Crippen LogP contribution in [0, 0.1) is 0 Å². The zero-order valence-electron chi connectivity index (χ0n) is 19.8. The van der Waals surface area contributed by atoms with Crippen LogP contribution in [-0.4, -0.2) is 71.1 Å². The Bertz CT molecular complexity index is 725. The summed E-state index contributed by atoms with van der Waals surface area (Å²) < 4.78 is 19.6. The molecule has 0 aromatic carbocycles. The molecule has 0 bridgehead atoms. The average Bonchev–Trinajstić information content (AvgIpc) is 3.23. The largest absolute Gasteiger partial charge is 0.353 e. The lowest BCUT2D eigenvalue weighted by Crippen LogP contribution is -2.56. The number of nitrogens with zero attached hydrogens (tertiary/aromatic N) is 3. The van der Waals surface area contributed by atoms with Gasteiger partial charge in [-0.3, -0.25) is 19.3 Å². The number of ether oxygens (including phenoxy) is 2. The molecule has 176 valence electrons. The fraction of sp³-hybridized carbons (Fsp3) is 0.818. The zero-order valence-corrected chi connectivity index (χ0v) is 20.6. The first kappa shape index (κ1) is 24.5. The van der Waals surface area contributed by atoms with Crippen molar-refractivity contribution in [1.29, 1.82) is 0 Å². The summed E-state index contributed by atoms with van der Waals surface area (Å²) in [6, 6.07) is 2.12. The third-order valence-electron chi connectivity index (χ3n) is 6.59. The van der Waals surface area contributed by atoms with Gasteiger partial charge in [-0.2, -0.15) is 0 Å². The molecule has 1 atom stereocenters. The molecule has 1 amide bonds. The fourth-order valence-electron chi connectivity index (χ4n) is 4.10. The van der Waals surface area contributed by atoms with E-state index in [-0.39, 0.29) is 12.2 Å². The molecule has 0 saturated carbocycles. The van der Waals surface area contributed by atoms with Crippen molar-refractivity contribution >= 4 is 23.7 Å². The van der Waals surface area contributed by atoms with Gasteiger partial charge in [0.15, 0.2) is 6.29 Å². The van der Waals surface area contributed by atoms with Gasteiger partial charge in [-0.15, -0.1) is 0 Å². The third kappa shape index (κ3) is 6.01. The molecule has 1 N–H and O–H groups in total. The summed E-state index contributed by atoms with van der Waals surface area (Å²) in [5, 5.41) is 7.06. The molecule has 9 heteroatoms. The van der Waals surface area contributed by atoms with E-state index in [0.717, 1.165) is 51.8 Å². The van der Waals surface area contributed by atoms with Gasteiger partial charge in [0, 0.05) is 31.8 Å². The summed E-state index contributed by atoms with van der Waals surface area (Å²) in [5.41, 5.74) is -0.722. The Labute approximate surface area is 190 Å². The number of aromatic nitrogens is 1. The maximum absolute atomic E-state index is 13.1. The number of piperidine rings is 1. The molecule has 2 aliphatic heterocycles. The van der Waals surface area contributed by atoms with Gasteiger partial charge >= 0.3 is 0 Å². The standard InChI is InChI=1S/C22H38N4O4S/c1-21(2,25(5)16-10-12-26(31-6)13-11-16)20(27)23-18-15-17(24-30-18)22(3,4)29-19-9-7-8-14-28-19/h15-16,19H,7-14H2,1-6H3,(H,23,27). The summed E-state index contributed by atoms with van der Waals surface area (Å²) in [7, 11) is 2.03. The summed E-state index contributed by atoms with van der Waals surface area (Å²) in [6.07, 6.45) is 7.03. The molecule has 8 nitrogen and oxygen atoms in total. The predicted molar refractivity (Wildman–Crippen MR) is 123 cm³/mol. The molecule has 1 unspecified atom stereocenters. The van der Waals surface area contributed by atoms with Gasteiger partial charge < -0.3 is 14.0 Å². The van der Waals surface area contributed by atoms with Crippen LogP contribution in [0.1, 0.15) is 65.5 Å². The number of likely N-dealkylation sites (N-methyl/N-ethyl adjacent to an activating group) is 1. The van der Waals surface area contributed by atoms with Crippen LogP contribution in [0.2, 0.25) is 0 Å². The molecule has 2 fully saturated rings. The smallest absolute Gasteiger partial charge is 0.246 e. The second-order valence-electron chi connectivity index (χ2n) is 9.47. The van der Waals surface area contributed by atoms with Crippen LogP contribution in [0.4, 0.5) is 5.88 Å². The van der Waals surface area contributed by atoms with Crippen LogP contribution in [0.5, 0.6) is 0 Å². The highest BCUT2D eigenvalue weighted by molar-refractivity contribution is 7.96. The quantitative estimate of drug-likeness (QED) is 0.594. The van der Waals surface area contributed by atoms with E-state index in [4.69, 9.17) is 14.0 Å². The molecular formula is C22H38N4O4S. The highest BCUT2D eigenvalue weighted by Crippen LogP contribution is 2.31. The van der Waals surface area contributed by atoms with Crippen molar-refractivity contribution in [3.05, 3.63) is 11.8 Å². The number of anilines is 1. The van der Waals surface area contributed by atoms with E-state index in [1.165, 1.54) is 0 Å². The monoisotopic (exact) mass is 454 g/mol. The second-order valence-corrected chi connectivity index (χ2v) is 10.3. The molecule has 1 aromatic rings. The Balaban J connectivity index is 1.59. The lowest BCUT2D eigenvalue weighted by Gasteiger charge is -2.43. The number of hydrogen-bond donors (Lipinski definition) is 1. The van der Waals surface area contributed by atoms with Crippen molar-refractivity contribution in [1.82, 2.24) is 14.4 Å². The van der Waals surface area contributed by atoms with E-state index in [2.05, 4.69) is 25.9 Å². The Morgan fingerprint density at radius 1 is 1.26 bits per heavy atom. The zero-order chi connectivity index (χ0) is 22.6. The summed E-state index contributed by atoms with van der Waals surface area (Å²) in [5.74, 6) is 0.222. The molecule has 3 heterocycles. The highest BCUT2D eigenvalue weighted by atomic mass is 32.2. The van der Waals surface area contributed by atoms with Crippen molar-refractivity contribution in [2.24, 2.45) is 0 Å². The van der Waals surface area contributed by atoms with Crippen LogP contribution < -0.4 is 5.32 Å². The van der Waals surface area contributed by atoms with Crippen LogP contribution in [0.25, 0.3) is 0 Å². The first-order chi connectivity index (χ1) is 14.6. The summed E-state index contributed by atoms with van der Waals surface area (Å²) in [4.78, 5) is 15.3. The molecule has 2 saturated heterocycles. The highest BCUT2D eigenvalue weighted by Gasteiger charge is 2.38. The maximum Gasteiger partial charge on any atom is 0.246 e. The second kappa shape index (κ2) is 10.2. The van der Waals surface area contributed by atoms with Gasteiger partial charge in [-0.25, -0.2) is 0 Å². The van der Waals surface area contributed by atoms with Gasteiger partial charge in [0.2, 0.25) is 11.8 Å². The van der Waals surface area contributed by atoms with E-state index < -0.39 is 11.1 Å². The summed E-state index contributed by atoms with van der Waals surface area (Å²) in [6.45, 7) is 10.6. The Morgan fingerprint density at radius 3 is 2.58 bits per heavy atom. The van der Waals surface area contributed by atoms with E-state index in [1.54, 1.807) is 18.0 Å². The third-order valence-corrected chi connectivity index (χ3v) is 7.48. The van der Waals surface area contributed by atoms with Gasteiger partial charge in [0.05, 0.1) is 5.54 Å². The topological polar surface area (TPSA) is 80.1 Å². The van der Waals surface area contributed by atoms with Crippen LogP contribution >= 0.6 is 11.9 Å². The molecule has 0 spiro atoms. The van der Waals surface area contributed by atoms with Gasteiger partial charge in [-0.05, 0) is 73.1 Å². The Hall–Kier alpha value is -1.13. The molecule has 1 aromatic heterocycles. The van der Waals surface area contributed by atoms with Gasteiger partial charge in [-0.1, -0.05) is 17.1 Å². The predicted octanol–water partition coefficient (Wildman–Crippen LogP) is 3.84. The minimum absolute atomic E-state index is 0.112. The van der Waals surface area contributed by atoms with Crippen LogP contribution in [0.15, 0.2) is 10.6 Å². The number of hydrogen-bond acceptors (Lipinski definition) is 8. The number of amides is 1. The molecule has 0 radical (unpaired) electrons. The number of carbonyl (C=O) groups is 1. The van der Waals surface area contributed by atoms with E-state index >= 15 is 0 Å². The maximum atomic E-state index is 13.1. The first-order valence-electron chi connectivity index (χ1n) is 11.2. The van der Waals surface area contributed by atoms with Crippen molar-refractivity contribution in [3.63, 3.8) is 0 Å². The van der Waals surface area contributed by atoms with Crippen LogP contribution in [-0.2, 0) is 19.9 Å². The Kier molecular flexibility index (Phi) is 8.07. The lowest BCUT2D eigenvalue weighted by molar-refractivity contribution is -0.220. The van der Waals surface area contributed by atoms with Crippen molar-refractivity contribution in [3.8, 4) is 0 Å². The van der Waals surface area contributed by atoms with E-state index in [0.29, 0.717) is 17.6 Å². The van der Waals surface area contributed by atoms with Crippen molar-refractivity contribution in [2.45, 2.75) is 83.3 Å². The SMILES string of the molecule is CSN1CCC(N(C)C(C)(C)C(=O)Nc2cc(C(C)(C)OC3CCCCO3)no2)CC1. The molecule has 31 heavy (non-hydrogen) atoms. The molecule has 3 rings (SSSR count). The Morgan fingerprint density at radius 2 is 1.97 bits per heavy atom. The minimum Gasteiger partial charge on any atom is -0.353 e. The number of nitrogens with one attached hydrogen (secondary N) is 1. The van der Waals surface area contributed by atoms with Crippen LogP contribution in [0.3, 0.4) is 0 Å². The average molecular weight is 455 g/mol. The van der Waals surface area contributed by atoms with E-state index in [1.807, 2.05) is 34.7 Å². The fourth-order valence-corrected chi connectivity index (χ4v) is 4.68. The minimum atomic E-state index is -0.679.